The van der Waals surface area contributed by atoms with Crippen molar-refractivity contribution in [3.8, 4) is 5.75 Å². The van der Waals surface area contributed by atoms with E-state index >= 15 is 0 Å². The van der Waals surface area contributed by atoms with Gasteiger partial charge in [0.15, 0.2) is 0 Å². The summed E-state index contributed by atoms with van der Waals surface area (Å²) in [4.78, 5) is 35.1. The summed E-state index contributed by atoms with van der Waals surface area (Å²) in [7, 11) is 0. The van der Waals surface area contributed by atoms with Gasteiger partial charge in [-0.3, -0.25) is 4.79 Å². The van der Waals surface area contributed by atoms with Crippen LogP contribution in [0.1, 0.15) is 75.3 Å². The first-order valence-corrected chi connectivity index (χ1v) is 12.7. The van der Waals surface area contributed by atoms with Gasteiger partial charge in [0.25, 0.3) is 5.91 Å². The van der Waals surface area contributed by atoms with Gasteiger partial charge in [0.05, 0.1) is 11.8 Å². The van der Waals surface area contributed by atoms with Gasteiger partial charge in [-0.1, -0.05) is 6.07 Å². The Bertz CT molecular complexity index is 1360. The van der Waals surface area contributed by atoms with Crippen LogP contribution in [0.25, 0.3) is 5.65 Å². The third-order valence-electron chi connectivity index (χ3n) is 6.02. The van der Waals surface area contributed by atoms with Gasteiger partial charge < -0.3 is 24.1 Å². The van der Waals surface area contributed by atoms with E-state index in [-0.39, 0.29) is 29.5 Å². The van der Waals surface area contributed by atoms with Crippen LogP contribution >= 0.6 is 0 Å². The lowest BCUT2D eigenvalue weighted by molar-refractivity contribution is -0.141. The van der Waals surface area contributed by atoms with Crippen LogP contribution < -0.4 is 10.1 Å². The second kappa shape index (κ2) is 10.7. The Morgan fingerprint density at radius 1 is 1.08 bits per heavy atom. The molecule has 1 aliphatic rings. The largest absolute Gasteiger partial charge is 0.489 e. The average Bonchev–Trinajstić information content (AvgIpc) is 3.25. The van der Waals surface area contributed by atoms with Crippen molar-refractivity contribution in [2.45, 2.75) is 71.3 Å². The molecule has 0 saturated carbocycles. The first kappa shape index (κ1) is 28.2. The smallest absolute Gasteiger partial charge is 0.433 e. The summed E-state index contributed by atoms with van der Waals surface area (Å²) in [6.45, 7) is 10.2. The van der Waals surface area contributed by atoms with Gasteiger partial charge in [0, 0.05) is 37.5 Å². The first-order chi connectivity index (χ1) is 18.2. The molecule has 3 aromatic heterocycles. The Morgan fingerprint density at radius 2 is 1.77 bits per heavy atom. The number of ether oxygens (including phenoxy) is 2. The first-order valence-electron chi connectivity index (χ1n) is 12.7. The molecule has 4 heterocycles. The maximum Gasteiger partial charge on any atom is 0.433 e. The van der Waals surface area contributed by atoms with E-state index in [1.807, 2.05) is 40.8 Å². The monoisotopic (exact) mass is 547 g/mol. The molecule has 0 unspecified atom stereocenters. The van der Waals surface area contributed by atoms with E-state index in [4.69, 9.17) is 14.5 Å². The van der Waals surface area contributed by atoms with E-state index in [2.05, 4.69) is 10.3 Å². The lowest BCUT2D eigenvalue weighted by Crippen LogP contribution is -2.41. The normalized spacial score (nSPS) is 15.1. The molecule has 39 heavy (non-hydrogen) atoms. The number of carbonyl (C=O) groups is 2. The fourth-order valence-electron chi connectivity index (χ4n) is 4.27. The number of aromatic nitrogens is 3. The molecule has 2 amide bonds. The average molecular weight is 548 g/mol. The minimum atomic E-state index is -4.67. The Balaban J connectivity index is 1.54. The molecular formula is C27H32F3N5O4. The SMILES string of the molecule is CC(C)Oc1cc2nc(C3CCN(C(=O)OC(C)(C)C)CC3)cn2cc1NC(=O)c1cccc(C(F)(F)F)n1. The zero-order valence-corrected chi connectivity index (χ0v) is 22.5. The van der Waals surface area contributed by atoms with Gasteiger partial charge >= 0.3 is 12.3 Å². The number of fused-ring (bicyclic) bond motifs is 1. The number of imidazole rings is 1. The number of alkyl halides is 3. The molecular weight excluding hydrogens is 515 g/mol. The Labute approximate surface area is 224 Å². The Hall–Kier alpha value is -3.83. The van der Waals surface area contributed by atoms with Crippen molar-refractivity contribution in [3.05, 3.63) is 53.7 Å². The molecule has 0 atom stereocenters. The number of halogens is 3. The molecule has 12 heteroatoms. The van der Waals surface area contributed by atoms with Crippen molar-refractivity contribution in [2.75, 3.05) is 18.4 Å². The number of carbonyl (C=O) groups excluding carboxylic acids is 2. The van der Waals surface area contributed by atoms with Gasteiger partial charge in [0.1, 0.15) is 34.1 Å². The summed E-state index contributed by atoms with van der Waals surface area (Å²) in [5.74, 6) is -0.357. The van der Waals surface area contributed by atoms with Crippen molar-refractivity contribution in [3.63, 3.8) is 0 Å². The van der Waals surface area contributed by atoms with Crippen molar-refractivity contribution in [1.82, 2.24) is 19.3 Å². The zero-order chi connectivity index (χ0) is 28.5. The van der Waals surface area contributed by atoms with Crippen molar-refractivity contribution in [1.29, 1.82) is 0 Å². The summed E-state index contributed by atoms with van der Waals surface area (Å²) in [5, 5.41) is 2.63. The predicted octanol–water partition coefficient (Wildman–Crippen LogP) is 5.90. The van der Waals surface area contributed by atoms with Crippen LogP contribution in [0.5, 0.6) is 5.75 Å². The fourth-order valence-corrected chi connectivity index (χ4v) is 4.27. The number of piperidine rings is 1. The van der Waals surface area contributed by atoms with Crippen LogP contribution in [0, 0.1) is 0 Å². The van der Waals surface area contributed by atoms with E-state index in [9.17, 15) is 22.8 Å². The highest BCUT2D eigenvalue weighted by Crippen LogP contribution is 2.33. The molecule has 1 saturated heterocycles. The number of likely N-dealkylation sites (tertiary alicyclic amines) is 1. The number of amides is 2. The lowest BCUT2D eigenvalue weighted by atomic mass is 9.94. The Morgan fingerprint density at radius 3 is 2.38 bits per heavy atom. The van der Waals surface area contributed by atoms with Crippen LogP contribution in [-0.4, -0.2) is 56.1 Å². The number of anilines is 1. The third kappa shape index (κ3) is 6.98. The number of nitrogens with zero attached hydrogens (tertiary/aromatic N) is 4. The van der Waals surface area contributed by atoms with Crippen molar-refractivity contribution < 1.29 is 32.2 Å². The van der Waals surface area contributed by atoms with E-state index in [1.165, 1.54) is 6.07 Å². The van der Waals surface area contributed by atoms with E-state index in [1.54, 1.807) is 21.6 Å². The van der Waals surface area contributed by atoms with Gasteiger partial charge in [0.2, 0.25) is 0 Å². The maximum atomic E-state index is 13.1. The highest BCUT2D eigenvalue weighted by atomic mass is 19.4. The fraction of sp³-hybridized carbons (Fsp3) is 0.481. The summed E-state index contributed by atoms with van der Waals surface area (Å²) in [5.41, 5.74) is -0.396. The van der Waals surface area contributed by atoms with Gasteiger partial charge in [-0.25, -0.2) is 14.8 Å². The molecule has 0 aromatic carbocycles. The molecule has 1 N–H and O–H groups in total. The molecule has 1 fully saturated rings. The number of hydrogen-bond acceptors (Lipinski definition) is 6. The van der Waals surface area contributed by atoms with E-state index < -0.39 is 23.4 Å². The van der Waals surface area contributed by atoms with Gasteiger partial charge in [-0.2, -0.15) is 13.2 Å². The highest BCUT2D eigenvalue weighted by Gasteiger charge is 2.33. The van der Waals surface area contributed by atoms with E-state index in [0.717, 1.165) is 17.8 Å². The molecule has 0 bridgehead atoms. The second-order valence-electron chi connectivity index (χ2n) is 10.8. The number of rotatable bonds is 5. The topological polar surface area (TPSA) is 98.1 Å². The highest BCUT2D eigenvalue weighted by molar-refractivity contribution is 6.03. The molecule has 3 aromatic rings. The summed E-state index contributed by atoms with van der Waals surface area (Å²) in [6, 6.07) is 4.83. The minimum absolute atomic E-state index is 0.116. The molecule has 210 valence electrons. The Kier molecular flexibility index (Phi) is 7.76. The van der Waals surface area contributed by atoms with Crippen LogP contribution in [0.2, 0.25) is 0 Å². The molecule has 9 nitrogen and oxygen atoms in total. The summed E-state index contributed by atoms with van der Waals surface area (Å²) in [6.07, 6.45) is -0.349. The number of hydrogen-bond donors (Lipinski definition) is 1. The maximum absolute atomic E-state index is 13.1. The van der Waals surface area contributed by atoms with Crippen LogP contribution in [0.15, 0.2) is 36.7 Å². The van der Waals surface area contributed by atoms with Crippen molar-refractivity contribution in [2.24, 2.45) is 0 Å². The molecule has 4 rings (SSSR count). The van der Waals surface area contributed by atoms with Crippen LogP contribution in [0.3, 0.4) is 0 Å². The summed E-state index contributed by atoms with van der Waals surface area (Å²) >= 11 is 0. The predicted molar refractivity (Wildman–Crippen MR) is 138 cm³/mol. The quantitative estimate of drug-likeness (QED) is 0.427. The number of nitrogens with one attached hydrogen (secondary N) is 1. The van der Waals surface area contributed by atoms with Crippen molar-refractivity contribution >= 4 is 23.3 Å². The molecule has 0 aliphatic carbocycles. The van der Waals surface area contributed by atoms with Gasteiger partial charge in [-0.05, 0) is 59.6 Å². The molecule has 0 spiro atoms. The summed E-state index contributed by atoms with van der Waals surface area (Å²) < 4.78 is 52.3. The van der Waals surface area contributed by atoms with E-state index in [0.29, 0.717) is 37.3 Å². The van der Waals surface area contributed by atoms with Crippen LogP contribution in [-0.2, 0) is 10.9 Å². The zero-order valence-electron chi connectivity index (χ0n) is 22.5. The standard InChI is InChI=1S/C27H32F3N5O4/c1-16(2)38-21-13-23-32-19(17-9-11-34(12-10-17)25(37)39-26(3,4)5)14-35(23)15-20(21)33-24(36)18-7-6-8-22(31-18)27(28,29)30/h6-8,13-17H,9-12H2,1-5H3,(H,33,36). The lowest BCUT2D eigenvalue weighted by Gasteiger charge is -2.32. The minimum Gasteiger partial charge on any atom is -0.489 e. The van der Waals surface area contributed by atoms with Gasteiger partial charge in [-0.15, -0.1) is 0 Å². The third-order valence-corrected chi connectivity index (χ3v) is 6.02. The molecule has 1 aliphatic heterocycles. The number of pyridine rings is 2. The molecule has 0 radical (unpaired) electrons. The van der Waals surface area contributed by atoms with Crippen LogP contribution in [0.4, 0.5) is 23.7 Å². The second-order valence-corrected chi connectivity index (χ2v) is 10.8.